The summed E-state index contributed by atoms with van der Waals surface area (Å²) in [5.41, 5.74) is 12.6. The summed E-state index contributed by atoms with van der Waals surface area (Å²) in [6.07, 6.45) is 6.41. The van der Waals surface area contributed by atoms with Gasteiger partial charge in [-0.25, -0.2) is 13.1 Å². The molecule has 47 heavy (non-hydrogen) atoms. The van der Waals surface area contributed by atoms with Crippen molar-refractivity contribution < 1.29 is 17.9 Å². The molecule has 5 aliphatic heterocycles. The number of amides is 1. The third-order valence-electron chi connectivity index (χ3n) is 11.8. The molecule has 1 spiro atoms. The minimum Gasteiger partial charge on any atom is -0.399 e. The van der Waals surface area contributed by atoms with Crippen molar-refractivity contribution in [1.29, 1.82) is 0 Å². The molecule has 1 aliphatic carbocycles. The average molecular weight is 647 g/mol. The highest BCUT2D eigenvalue weighted by Crippen LogP contribution is 2.66. The van der Waals surface area contributed by atoms with E-state index in [4.69, 9.17) is 10.5 Å². The maximum absolute atomic E-state index is 13.9. The number of anilines is 3. The van der Waals surface area contributed by atoms with Gasteiger partial charge in [-0.3, -0.25) is 14.4 Å². The van der Waals surface area contributed by atoms with Crippen LogP contribution in [0.5, 0.6) is 0 Å². The number of nitrogens with one attached hydrogen (secondary N) is 1. The van der Waals surface area contributed by atoms with Crippen molar-refractivity contribution >= 4 is 33.1 Å². The Balaban J connectivity index is 1.08. The summed E-state index contributed by atoms with van der Waals surface area (Å²) in [6.45, 7) is 2.62. The Kier molecular flexibility index (Phi) is 5.62. The smallest absolute Gasteiger partial charge is 0.263 e. The van der Waals surface area contributed by atoms with E-state index in [0.717, 1.165) is 48.4 Å². The Morgan fingerprint density at radius 1 is 1.02 bits per heavy atom. The van der Waals surface area contributed by atoms with E-state index in [1.165, 1.54) is 23.3 Å². The lowest BCUT2D eigenvalue weighted by atomic mass is 9.53. The normalized spacial score (nSPS) is 30.1. The molecule has 6 heterocycles. The van der Waals surface area contributed by atoms with E-state index in [-0.39, 0.29) is 28.4 Å². The van der Waals surface area contributed by atoms with E-state index in [2.05, 4.69) is 43.9 Å². The molecule has 1 saturated carbocycles. The molecule has 3 unspecified atom stereocenters. The number of para-hydroxylation sites is 1. The fourth-order valence-electron chi connectivity index (χ4n) is 10.0. The number of nitrogens with zero attached hydrogens (tertiary/aromatic N) is 4. The van der Waals surface area contributed by atoms with Gasteiger partial charge in [0.15, 0.2) is 0 Å². The van der Waals surface area contributed by atoms with Crippen LogP contribution in [0.25, 0.3) is 16.8 Å². The van der Waals surface area contributed by atoms with Crippen molar-refractivity contribution in [2.75, 3.05) is 35.1 Å². The molecule has 1 aromatic heterocycles. The Bertz CT molecular complexity index is 2130. The molecular formula is C36H34N6O4S. The lowest BCUT2D eigenvalue weighted by Gasteiger charge is -2.58. The van der Waals surface area contributed by atoms with Gasteiger partial charge >= 0.3 is 0 Å². The molecule has 10 nitrogen and oxygen atoms in total. The van der Waals surface area contributed by atoms with Gasteiger partial charge < -0.3 is 15.4 Å². The van der Waals surface area contributed by atoms with E-state index in [9.17, 15) is 13.2 Å². The van der Waals surface area contributed by atoms with Crippen LogP contribution in [0.3, 0.4) is 0 Å². The molecule has 6 atom stereocenters. The van der Waals surface area contributed by atoms with Crippen molar-refractivity contribution in [3.8, 4) is 16.8 Å². The first-order valence-electron chi connectivity index (χ1n) is 16.4. The van der Waals surface area contributed by atoms with E-state index in [1.807, 2.05) is 24.3 Å². The highest BCUT2D eigenvalue weighted by molar-refractivity contribution is 7.92. The monoisotopic (exact) mass is 646 g/mol. The zero-order valence-electron chi connectivity index (χ0n) is 25.6. The molecule has 4 aromatic rings. The lowest BCUT2D eigenvalue weighted by molar-refractivity contribution is -0.132. The molecule has 238 valence electrons. The number of carbonyl (C=O) groups is 1. The third kappa shape index (κ3) is 3.70. The molecule has 10 rings (SSSR count). The van der Waals surface area contributed by atoms with Crippen LogP contribution in [0.1, 0.15) is 24.8 Å². The molecular weight excluding hydrogens is 613 g/mol. The van der Waals surface area contributed by atoms with E-state index in [0.29, 0.717) is 42.4 Å². The van der Waals surface area contributed by atoms with Crippen molar-refractivity contribution in [3.05, 3.63) is 96.2 Å². The van der Waals surface area contributed by atoms with E-state index >= 15 is 0 Å². The molecule has 3 aromatic carbocycles. The summed E-state index contributed by atoms with van der Waals surface area (Å²) in [5.74, 6) is 1.24. The summed E-state index contributed by atoms with van der Waals surface area (Å²) >= 11 is 0. The highest BCUT2D eigenvalue weighted by Gasteiger charge is 2.71. The number of sulfonamides is 1. The largest absolute Gasteiger partial charge is 0.399 e. The van der Waals surface area contributed by atoms with Crippen LogP contribution in [0.4, 0.5) is 17.2 Å². The van der Waals surface area contributed by atoms with Gasteiger partial charge in [0.2, 0.25) is 5.91 Å². The quantitative estimate of drug-likeness (QED) is 0.245. The molecule has 1 amide bonds. The molecule has 11 heteroatoms. The van der Waals surface area contributed by atoms with Crippen LogP contribution >= 0.6 is 0 Å². The number of carbonyl (C=O) groups excluding carboxylic acids is 1. The fraction of sp³-hybridized carbons (Fsp3) is 0.333. The SMILES string of the molecule is Nc1ccc(S(=O)(=O)Nc2ccnn2-c2ccccc2-c2ccc3c(c2)[C@@]24CCN5CC6=CCO[C@H]7CC(=O)N3[C@H]2C7C6CC54)cc1. The predicted octanol–water partition coefficient (Wildman–Crippen LogP) is 4.33. The van der Waals surface area contributed by atoms with Crippen molar-refractivity contribution in [1.82, 2.24) is 14.7 Å². The van der Waals surface area contributed by atoms with Gasteiger partial charge in [0.1, 0.15) is 5.82 Å². The van der Waals surface area contributed by atoms with E-state index < -0.39 is 10.0 Å². The Labute approximate surface area is 272 Å². The molecule has 3 saturated heterocycles. The second-order valence-corrected chi connectivity index (χ2v) is 15.5. The Hall–Kier alpha value is -4.45. The topological polar surface area (TPSA) is 123 Å². The number of hydrogen-bond acceptors (Lipinski definition) is 7. The van der Waals surface area contributed by atoms with Gasteiger partial charge in [-0.05, 0) is 78.9 Å². The van der Waals surface area contributed by atoms with Crippen molar-refractivity contribution in [3.63, 3.8) is 0 Å². The zero-order chi connectivity index (χ0) is 31.7. The number of nitrogens with two attached hydrogens (primary N) is 1. The standard InChI is InChI=1S/C36H34N6O4S/c37-23-6-8-24(9-7-23)47(44,45)39-32-11-14-38-42(32)28-4-2-1-3-25(28)21-5-10-29-27(17-21)36-13-15-40-20-22-12-16-46-30-19-33(43)41(29)35(36)34(30)26(22)18-31(36)40/h1-12,14,17,26,30-31,34-35,39H,13,15-16,18-20,37H2/t26?,30-,31?,34?,35-,36+/m0/s1. The molecule has 2 bridgehead atoms. The van der Waals surface area contributed by atoms with Gasteiger partial charge in [0.25, 0.3) is 10.0 Å². The first-order chi connectivity index (χ1) is 22.8. The number of rotatable bonds is 5. The van der Waals surface area contributed by atoms with Gasteiger partial charge in [-0.2, -0.15) is 5.10 Å². The lowest BCUT2D eigenvalue weighted by Crippen LogP contribution is -2.69. The summed E-state index contributed by atoms with van der Waals surface area (Å²) in [7, 11) is -3.89. The summed E-state index contributed by atoms with van der Waals surface area (Å²) in [4.78, 5) is 18.9. The van der Waals surface area contributed by atoms with E-state index in [1.54, 1.807) is 29.1 Å². The number of nitrogen functional groups attached to an aromatic ring is 1. The Morgan fingerprint density at radius 2 is 1.87 bits per heavy atom. The summed E-state index contributed by atoms with van der Waals surface area (Å²) < 4.78 is 37.4. The summed E-state index contributed by atoms with van der Waals surface area (Å²) in [6, 6.07) is 22.7. The number of fused-ring (bicyclic) bond motifs is 2. The van der Waals surface area contributed by atoms with Gasteiger partial charge in [0.05, 0.1) is 42.0 Å². The maximum atomic E-state index is 13.9. The zero-order valence-corrected chi connectivity index (χ0v) is 26.4. The number of benzene rings is 3. The van der Waals surface area contributed by atoms with Crippen LogP contribution < -0.4 is 15.4 Å². The van der Waals surface area contributed by atoms with Crippen LogP contribution in [0.2, 0.25) is 0 Å². The fourth-order valence-corrected chi connectivity index (χ4v) is 11.1. The maximum Gasteiger partial charge on any atom is 0.263 e. The number of ether oxygens (including phenoxy) is 1. The highest BCUT2D eigenvalue weighted by atomic mass is 32.2. The van der Waals surface area contributed by atoms with Crippen molar-refractivity contribution in [2.24, 2.45) is 11.8 Å². The second-order valence-electron chi connectivity index (χ2n) is 13.8. The molecule has 3 N–H and O–H groups in total. The minimum absolute atomic E-state index is 0.0442. The van der Waals surface area contributed by atoms with Crippen LogP contribution in [-0.4, -0.2) is 66.9 Å². The predicted molar refractivity (Wildman–Crippen MR) is 178 cm³/mol. The van der Waals surface area contributed by atoms with Gasteiger partial charge in [-0.1, -0.05) is 35.9 Å². The summed E-state index contributed by atoms with van der Waals surface area (Å²) in [5, 5.41) is 4.56. The van der Waals surface area contributed by atoms with Gasteiger partial charge in [-0.15, -0.1) is 0 Å². The van der Waals surface area contributed by atoms with Crippen LogP contribution in [0.15, 0.2) is 95.5 Å². The Morgan fingerprint density at radius 3 is 2.74 bits per heavy atom. The molecule has 6 aliphatic rings. The molecule has 0 radical (unpaired) electrons. The van der Waals surface area contributed by atoms with Crippen LogP contribution in [0, 0.1) is 11.8 Å². The van der Waals surface area contributed by atoms with Gasteiger partial charge in [0, 0.05) is 46.9 Å². The first kappa shape index (κ1) is 27.6. The third-order valence-corrected chi connectivity index (χ3v) is 13.2. The minimum atomic E-state index is -3.89. The number of hydrogen-bond donors (Lipinski definition) is 2. The average Bonchev–Trinajstić information content (AvgIpc) is 3.74. The number of piperidine rings is 2. The van der Waals surface area contributed by atoms with Crippen LogP contribution in [-0.2, 0) is 25.0 Å². The number of aromatic nitrogens is 2. The van der Waals surface area contributed by atoms with Crippen molar-refractivity contribution in [2.45, 2.75) is 47.8 Å². The molecule has 4 fully saturated rings. The first-order valence-corrected chi connectivity index (χ1v) is 17.9. The second kappa shape index (κ2) is 9.56.